The highest BCUT2D eigenvalue weighted by Crippen LogP contribution is 2.20. The summed E-state index contributed by atoms with van der Waals surface area (Å²) in [6, 6.07) is 0. The Morgan fingerprint density at radius 1 is 1.28 bits per heavy atom. The van der Waals surface area contributed by atoms with Crippen molar-refractivity contribution in [3.05, 3.63) is 0 Å². The van der Waals surface area contributed by atoms with Crippen molar-refractivity contribution in [1.29, 1.82) is 0 Å². The lowest BCUT2D eigenvalue weighted by Crippen LogP contribution is -2.33. The maximum atomic E-state index is 5.57. The maximum absolute atomic E-state index is 5.57. The van der Waals surface area contributed by atoms with E-state index >= 15 is 0 Å². The molecule has 0 amide bonds. The number of hydrogen-bond donors (Lipinski definition) is 1. The molecule has 2 saturated heterocycles. The van der Waals surface area contributed by atoms with Crippen molar-refractivity contribution in [3.8, 4) is 0 Å². The monoisotopic (exact) mass is 254 g/mol. The Kier molecular flexibility index (Phi) is 5.93. The average Bonchev–Trinajstić information content (AvgIpc) is 2.78. The van der Waals surface area contributed by atoms with Crippen LogP contribution in [-0.4, -0.2) is 50.8 Å². The van der Waals surface area contributed by atoms with Crippen LogP contribution in [0.25, 0.3) is 0 Å². The fraction of sp³-hybridized carbons (Fsp3) is 1.00. The predicted octanol–water partition coefficient (Wildman–Crippen LogP) is 1.98. The van der Waals surface area contributed by atoms with E-state index in [1.54, 1.807) is 0 Å². The first kappa shape index (κ1) is 14.3. The molecule has 1 N–H and O–H groups in total. The highest BCUT2D eigenvalue weighted by atomic mass is 16.5. The summed E-state index contributed by atoms with van der Waals surface area (Å²) in [4.78, 5) is 2.65. The second-order valence-corrected chi connectivity index (χ2v) is 6.55. The molecule has 18 heavy (non-hydrogen) atoms. The highest BCUT2D eigenvalue weighted by molar-refractivity contribution is 4.79. The van der Waals surface area contributed by atoms with Crippen LogP contribution in [0.1, 0.15) is 33.1 Å². The molecule has 2 unspecified atom stereocenters. The van der Waals surface area contributed by atoms with Gasteiger partial charge in [-0.15, -0.1) is 0 Å². The molecule has 3 heteroatoms. The lowest BCUT2D eigenvalue weighted by atomic mass is 10.0. The first-order valence-corrected chi connectivity index (χ1v) is 7.75. The van der Waals surface area contributed by atoms with Gasteiger partial charge in [0.15, 0.2) is 0 Å². The number of likely N-dealkylation sites (tertiary alicyclic amines) is 1. The van der Waals surface area contributed by atoms with Gasteiger partial charge in [0.2, 0.25) is 0 Å². The summed E-state index contributed by atoms with van der Waals surface area (Å²) in [5, 5.41) is 3.60. The van der Waals surface area contributed by atoms with Crippen molar-refractivity contribution in [2.75, 3.05) is 45.9 Å². The van der Waals surface area contributed by atoms with E-state index in [9.17, 15) is 0 Å². The summed E-state index contributed by atoms with van der Waals surface area (Å²) in [5.74, 6) is 2.43. The van der Waals surface area contributed by atoms with Crippen molar-refractivity contribution >= 4 is 0 Å². The van der Waals surface area contributed by atoms with Gasteiger partial charge in [0.05, 0.1) is 6.61 Å². The van der Waals surface area contributed by atoms with Gasteiger partial charge in [0, 0.05) is 19.7 Å². The molecule has 3 nitrogen and oxygen atoms in total. The highest BCUT2D eigenvalue weighted by Gasteiger charge is 2.25. The first-order chi connectivity index (χ1) is 8.74. The molecule has 0 radical (unpaired) electrons. The molecule has 0 aromatic carbocycles. The summed E-state index contributed by atoms with van der Waals surface area (Å²) in [5.41, 5.74) is 0. The molecular formula is C15H30N2O. The van der Waals surface area contributed by atoms with E-state index in [1.165, 1.54) is 45.4 Å². The van der Waals surface area contributed by atoms with Crippen LogP contribution in [0.2, 0.25) is 0 Å². The zero-order valence-corrected chi connectivity index (χ0v) is 12.2. The van der Waals surface area contributed by atoms with Crippen molar-refractivity contribution in [2.24, 2.45) is 17.8 Å². The molecule has 2 rings (SSSR count). The Hall–Kier alpha value is -0.120. The van der Waals surface area contributed by atoms with Crippen LogP contribution in [0, 0.1) is 17.8 Å². The molecular weight excluding hydrogens is 224 g/mol. The van der Waals surface area contributed by atoms with Crippen molar-refractivity contribution in [3.63, 3.8) is 0 Å². The standard InChI is InChI=1S/C15H30N2O/c1-13(2)8-16-9-14-5-6-17(10-14)11-15-4-3-7-18-12-15/h13-16H,3-12H2,1-2H3. The summed E-state index contributed by atoms with van der Waals surface area (Å²) >= 11 is 0. The van der Waals surface area contributed by atoms with Crippen LogP contribution in [0.15, 0.2) is 0 Å². The normalized spacial score (nSPS) is 30.2. The number of ether oxygens (including phenoxy) is 1. The minimum absolute atomic E-state index is 0.766. The molecule has 2 fully saturated rings. The Bertz CT molecular complexity index is 227. The zero-order valence-electron chi connectivity index (χ0n) is 12.2. The third-order valence-corrected chi connectivity index (χ3v) is 4.13. The van der Waals surface area contributed by atoms with Crippen LogP contribution in [0.4, 0.5) is 0 Å². The second-order valence-electron chi connectivity index (χ2n) is 6.55. The minimum Gasteiger partial charge on any atom is -0.381 e. The van der Waals surface area contributed by atoms with Gasteiger partial charge in [-0.25, -0.2) is 0 Å². The summed E-state index contributed by atoms with van der Waals surface area (Å²) < 4.78 is 5.57. The Labute approximate surface area is 112 Å². The van der Waals surface area contributed by atoms with Gasteiger partial charge in [-0.05, 0) is 56.7 Å². The SMILES string of the molecule is CC(C)CNCC1CCN(CC2CCCOC2)C1. The fourth-order valence-corrected chi connectivity index (χ4v) is 3.14. The molecule has 0 saturated carbocycles. The molecule has 106 valence electrons. The van der Waals surface area contributed by atoms with Crippen molar-refractivity contribution < 1.29 is 4.74 Å². The van der Waals surface area contributed by atoms with Gasteiger partial charge in [-0.2, -0.15) is 0 Å². The third-order valence-electron chi connectivity index (χ3n) is 4.13. The quantitative estimate of drug-likeness (QED) is 0.784. The van der Waals surface area contributed by atoms with E-state index in [4.69, 9.17) is 4.74 Å². The molecule has 0 aliphatic carbocycles. The molecule has 2 atom stereocenters. The summed E-state index contributed by atoms with van der Waals surface area (Å²) in [6.45, 7) is 12.7. The number of nitrogens with zero attached hydrogens (tertiary/aromatic N) is 1. The van der Waals surface area contributed by atoms with Gasteiger partial charge >= 0.3 is 0 Å². The zero-order chi connectivity index (χ0) is 12.8. The van der Waals surface area contributed by atoms with E-state index < -0.39 is 0 Å². The van der Waals surface area contributed by atoms with Crippen LogP contribution in [0.3, 0.4) is 0 Å². The van der Waals surface area contributed by atoms with Crippen LogP contribution >= 0.6 is 0 Å². The molecule has 2 heterocycles. The van der Waals surface area contributed by atoms with Gasteiger partial charge in [-0.3, -0.25) is 0 Å². The predicted molar refractivity (Wildman–Crippen MR) is 75.8 cm³/mol. The van der Waals surface area contributed by atoms with Gasteiger partial charge < -0.3 is 15.0 Å². The van der Waals surface area contributed by atoms with Gasteiger partial charge in [-0.1, -0.05) is 13.8 Å². The van der Waals surface area contributed by atoms with Gasteiger partial charge in [0.25, 0.3) is 0 Å². The number of nitrogens with one attached hydrogen (secondary N) is 1. The van der Waals surface area contributed by atoms with E-state index in [0.717, 1.165) is 37.5 Å². The molecule has 0 aromatic heterocycles. The Morgan fingerprint density at radius 3 is 2.89 bits per heavy atom. The summed E-state index contributed by atoms with van der Waals surface area (Å²) in [6.07, 6.45) is 4.00. The number of hydrogen-bond acceptors (Lipinski definition) is 3. The molecule has 0 spiro atoms. The van der Waals surface area contributed by atoms with Crippen LogP contribution < -0.4 is 5.32 Å². The largest absolute Gasteiger partial charge is 0.381 e. The van der Waals surface area contributed by atoms with Crippen molar-refractivity contribution in [2.45, 2.75) is 33.1 Å². The average molecular weight is 254 g/mol. The minimum atomic E-state index is 0.766. The lowest BCUT2D eigenvalue weighted by Gasteiger charge is -2.27. The maximum Gasteiger partial charge on any atom is 0.0506 e. The molecule has 2 aliphatic heterocycles. The third kappa shape index (κ3) is 4.87. The first-order valence-electron chi connectivity index (χ1n) is 7.75. The molecule has 2 aliphatic rings. The smallest absolute Gasteiger partial charge is 0.0506 e. The van der Waals surface area contributed by atoms with Gasteiger partial charge in [0.1, 0.15) is 0 Å². The van der Waals surface area contributed by atoms with Crippen molar-refractivity contribution in [1.82, 2.24) is 10.2 Å². The van der Waals surface area contributed by atoms with Crippen LogP contribution in [-0.2, 0) is 4.74 Å². The van der Waals surface area contributed by atoms with E-state index in [2.05, 4.69) is 24.1 Å². The lowest BCUT2D eigenvalue weighted by molar-refractivity contribution is 0.0413. The van der Waals surface area contributed by atoms with E-state index in [-0.39, 0.29) is 0 Å². The Morgan fingerprint density at radius 2 is 2.17 bits per heavy atom. The fourth-order valence-electron chi connectivity index (χ4n) is 3.14. The second kappa shape index (κ2) is 7.46. The number of rotatable bonds is 6. The Balaban J connectivity index is 1.59. The van der Waals surface area contributed by atoms with E-state index in [1.807, 2.05) is 0 Å². The van der Waals surface area contributed by atoms with Crippen LogP contribution in [0.5, 0.6) is 0 Å². The van der Waals surface area contributed by atoms with E-state index in [0.29, 0.717) is 0 Å². The summed E-state index contributed by atoms with van der Waals surface area (Å²) in [7, 11) is 0. The topological polar surface area (TPSA) is 24.5 Å². The molecule has 0 bridgehead atoms. The molecule has 0 aromatic rings.